The van der Waals surface area contributed by atoms with E-state index in [1.165, 1.54) is 24.8 Å². The van der Waals surface area contributed by atoms with Crippen molar-refractivity contribution in [3.8, 4) is 5.75 Å². The Bertz CT molecular complexity index is 551. The molecule has 2 saturated heterocycles. The molecule has 0 aromatic heterocycles. The van der Waals surface area contributed by atoms with Crippen molar-refractivity contribution >= 4 is 0 Å². The van der Waals surface area contributed by atoms with Crippen LogP contribution in [0.3, 0.4) is 0 Å². The molecule has 4 nitrogen and oxygen atoms in total. The molecule has 2 heterocycles. The topological polar surface area (TPSA) is 41.9 Å². The maximum atomic E-state index is 10.2. The van der Waals surface area contributed by atoms with E-state index < -0.39 is 6.10 Å². The Labute approximate surface area is 151 Å². The van der Waals surface area contributed by atoms with Crippen LogP contribution in [0.2, 0.25) is 0 Å². The Kier molecular flexibility index (Phi) is 6.51. The lowest BCUT2D eigenvalue weighted by molar-refractivity contribution is -0.0224. The van der Waals surface area contributed by atoms with Gasteiger partial charge in [-0.05, 0) is 63.4 Å². The molecule has 3 atom stereocenters. The minimum atomic E-state index is -0.441. The zero-order valence-corrected chi connectivity index (χ0v) is 15.3. The molecule has 2 aliphatic rings. The molecule has 2 fully saturated rings. The van der Waals surface area contributed by atoms with Gasteiger partial charge in [0, 0.05) is 6.54 Å². The first-order valence-corrected chi connectivity index (χ1v) is 9.55. The maximum Gasteiger partial charge on any atom is 0.119 e. The van der Waals surface area contributed by atoms with Gasteiger partial charge in [-0.2, -0.15) is 0 Å². The first kappa shape index (κ1) is 18.4. The van der Waals surface area contributed by atoms with E-state index in [1.54, 1.807) is 0 Å². The van der Waals surface area contributed by atoms with E-state index in [2.05, 4.69) is 30.5 Å². The average Bonchev–Trinajstić information content (AvgIpc) is 2.60. The number of likely N-dealkylation sites (tertiary alicyclic amines) is 1. The molecule has 1 aromatic rings. The standard InChI is InChI=1S/C21H31NO3/c1-16-12-17(2)25-21(13-16)18-6-8-20(9-7-18)24-15-19(23)14-22-10-4-3-5-11-22/h6-9,17,19,21,23H,1,3-5,10-15H2,2H3/t17-,19+,21-/m0/s1. The highest BCUT2D eigenvalue weighted by atomic mass is 16.5. The second-order valence-electron chi connectivity index (χ2n) is 7.49. The van der Waals surface area contributed by atoms with Crippen molar-refractivity contribution in [2.24, 2.45) is 0 Å². The zero-order chi connectivity index (χ0) is 17.6. The summed E-state index contributed by atoms with van der Waals surface area (Å²) < 4.78 is 11.8. The average molecular weight is 345 g/mol. The third-order valence-corrected chi connectivity index (χ3v) is 5.06. The lowest BCUT2D eigenvalue weighted by Gasteiger charge is -2.30. The van der Waals surface area contributed by atoms with Crippen molar-refractivity contribution in [3.63, 3.8) is 0 Å². The van der Waals surface area contributed by atoms with Gasteiger partial charge in [0.1, 0.15) is 18.5 Å². The number of β-amino-alcohol motifs (C(OH)–C–C–N with tert-alkyl or cyclic N) is 1. The number of rotatable bonds is 6. The van der Waals surface area contributed by atoms with Crippen LogP contribution in [-0.2, 0) is 4.74 Å². The van der Waals surface area contributed by atoms with Crippen LogP contribution in [-0.4, -0.2) is 48.5 Å². The quantitative estimate of drug-likeness (QED) is 0.798. The van der Waals surface area contributed by atoms with Crippen LogP contribution in [0.15, 0.2) is 36.4 Å². The number of aliphatic hydroxyl groups excluding tert-OH is 1. The summed E-state index contributed by atoms with van der Waals surface area (Å²) >= 11 is 0. The number of hydrogen-bond donors (Lipinski definition) is 1. The van der Waals surface area contributed by atoms with Gasteiger partial charge in [0.15, 0.2) is 0 Å². The van der Waals surface area contributed by atoms with Crippen LogP contribution in [0.4, 0.5) is 0 Å². The number of nitrogens with zero attached hydrogens (tertiary/aromatic N) is 1. The van der Waals surface area contributed by atoms with Gasteiger partial charge in [0.05, 0.1) is 12.2 Å². The van der Waals surface area contributed by atoms with E-state index in [-0.39, 0.29) is 12.2 Å². The summed E-state index contributed by atoms with van der Waals surface area (Å²) in [6.07, 6.45) is 5.51. The predicted molar refractivity (Wildman–Crippen MR) is 99.9 cm³/mol. The lowest BCUT2D eigenvalue weighted by Crippen LogP contribution is -2.38. The van der Waals surface area contributed by atoms with Crippen molar-refractivity contribution in [1.82, 2.24) is 4.90 Å². The van der Waals surface area contributed by atoms with Crippen molar-refractivity contribution < 1.29 is 14.6 Å². The van der Waals surface area contributed by atoms with E-state index in [0.29, 0.717) is 13.2 Å². The fraction of sp³-hybridized carbons (Fsp3) is 0.619. The van der Waals surface area contributed by atoms with E-state index in [1.807, 2.05) is 12.1 Å². The van der Waals surface area contributed by atoms with E-state index >= 15 is 0 Å². The molecule has 0 amide bonds. The van der Waals surface area contributed by atoms with Crippen LogP contribution in [0.25, 0.3) is 0 Å². The Morgan fingerprint density at radius 1 is 1.20 bits per heavy atom. The third-order valence-electron chi connectivity index (χ3n) is 5.06. The summed E-state index contributed by atoms with van der Waals surface area (Å²) in [5, 5.41) is 10.2. The summed E-state index contributed by atoms with van der Waals surface area (Å²) in [7, 11) is 0. The molecule has 0 radical (unpaired) electrons. The zero-order valence-electron chi connectivity index (χ0n) is 15.3. The lowest BCUT2D eigenvalue weighted by atomic mass is 9.95. The summed E-state index contributed by atoms with van der Waals surface area (Å²) in [5.41, 5.74) is 2.42. The van der Waals surface area contributed by atoms with Crippen molar-refractivity contribution in [2.75, 3.05) is 26.2 Å². The molecule has 0 aliphatic carbocycles. The first-order chi connectivity index (χ1) is 12.1. The normalized spacial score (nSPS) is 26.4. The smallest absolute Gasteiger partial charge is 0.119 e. The van der Waals surface area contributed by atoms with Gasteiger partial charge in [-0.3, -0.25) is 0 Å². The highest BCUT2D eigenvalue weighted by Crippen LogP contribution is 2.34. The maximum absolute atomic E-state index is 10.2. The summed E-state index contributed by atoms with van der Waals surface area (Å²) in [6.45, 7) is 9.44. The molecule has 2 aliphatic heterocycles. The molecule has 4 heteroatoms. The van der Waals surface area contributed by atoms with E-state index in [0.717, 1.165) is 37.2 Å². The summed E-state index contributed by atoms with van der Waals surface area (Å²) in [5.74, 6) is 0.795. The number of piperidine rings is 1. The third kappa shape index (κ3) is 5.56. The molecule has 1 N–H and O–H groups in total. The molecular formula is C21H31NO3. The van der Waals surface area contributed by atoms with Gasteiger partial charge < -0.3 is 19.5 Å². The molecule has 0 spiro atoms. The van der Waals surface area contributed by atoms with Gasteiger partial charge in [-0.15, -0.1) is 0 Å². The Hall–Kier alpha value is -1.36. The van der Waals surface area contributed by atoms with Crippen LogP contribution in [0.5, 0.6) is 5.75 Å². The van der Waals surface area contributed by atoms with Gasteiger partial charge in [0.2, 0.25) is 0 Å². The van der Waals surface area contributed by atoms with Gasteiger partial charge in [-0.25, -0.2) is 0 Å². The van der Waals surface area contributed by atoms with Crippen molar-refractivity contribution in [2.45, 2.75) is 57.3 Å². The van der Waals surface area contributed by atoms with E-state index in [9.17, 15) is 5.11 Å². The van der Waals surface area contributed by atoms with Crippen LogP contribution in [0, 0.1) is 0 Å². The minimum Gasteiger partial charge on any atom is -0.491 e. The largest absolute Gasteiger partial charge is 0.491 e. The SMILES string of the molecule is C=C1C[C@@H](c2ccc(OC[C@H](O)CN3CCCCC3)cc2)O[C@@H](C)C1. The number of aliphatic hydroxyl groups is 1. The predicted octanol–water partition coefficient (Wildman–Crippen LogP) is 3.71. The Morgan fingerprint density at radius 2 is 1.92 bits per heavy atom. The number of ether oxygens (including phenoxy) is 2. The second-order valence-corrected chi connectivity index (χ2v) is 7.49. The van der Waals surface area contributed by atoms with Crippen LogP contribution >= 0.6 is 0 Å². The minimum absolute atomic E-state index is 0.0926. The van der Waals surface area contributed by atoms with Crippen molar-refractivity contribution in [1.29, 1.82) is 0 Å². The number of benzene rings is 1. The fourth-order valence-corrected chi connectivity index (χ4v) is 3.79. The molecule has 1 aromatic carbocycles. The molecule has 0 saturated carbocycles. The molecule has 0 unspecified atom stereocenters. The van der Waals surface area contributed by atoms with Crippen LogP contribution < -0.4 is 4.74 Å². The molecule has 0 bridgehead atoms. The Balaban J connectivity index is 1.46. The van der Waals surface area contributed by atoms with Gasteiger partial charge >= 0.3 is 0 Å². The van der Waals surface area contributed by atoms with E-state index in [4.69, 9.17) is 9.47 Å². The van der Waals surface area contributed by atoms with Crippen LogP contribution in [0.1, 0.15) is 50.7 Å². The highest BCUT2D eigenvalue weighted by molar-refractivity contribution is 5.29. The van der Waals surface area contributed by atoms with Crippen molar-refractivity contribution in [3.05, 3.63) is 42.0 Å². The Morgan fingerprint density at radius 3 is 2.60 bits per heavy atom. The summed E-state index contributed by atoms with van der Waals surface area (Å²) in [4.78, 5) is 2.33. The number of hydrogen-bond acceptors (Lipinski definition) is 4. The fourth-order valence-electron chi connectivity index (χ4n) is 3.79. The monoisotopic (exact) mass is 345 g/mol. The van der Waals surface area contributed by atoms with Gasteiger partial charge in [0.25, 0.3) is 0 Å². The molecule has 3 rings (SSSR count). The summed E-state index contributed by atoms with van der Waals surface area (Å²) in [6, 6.07) is 8.05. The highest BCUT2D eigenvalue weighted by Gasteiger charge is 2.23. The van der Waals surface area contributed by atoms with Gasteiger partial charge in [-0.1, -0.05) is 30.7 Å². The molecule has 138 valence electrons. The molecule has 25 heavy (non-hydrogen) atoms. The molecular weight excluding hydrogens is 314 g/mol. The first-order valence-electron chi connectivity index (χ1n) is 9.55. The second kappa shape index (κ2) is 8.84.